The second-order valence-electron chi connectivity index (χ2n) is 6.31. The minimum Gasteiger partial charge on any atom is -0.497 e. The van der Waals surface area contributed by atoms with Crippen LogP contribution in [0.25, 0.3) is 11.3 Å². The summed E-state index contributed by atoms with van der Waals surface area (Å²) >= 11 is 0. The number of hydrogen-bond donors (Lipinski definition) is 1. The Morgan fingerprint density at radius 1 is 1.11 bits per heavy atom. The van der Waals surface area contributed by atoms with E-state index in [0.29, 0.717) is 17.1 Å². The van der Waals surface area contributed by atoms with Crippen molar-refractivity contribution in [1.29, 1.82) is 0 Å². The fourth-order valence-corrected chi connectivity index (χ4v) is 2.76. The van der Waals surface area contributed by atoms with Gasteiger partial charge in [0.15, 0.2) is 0 Å². The molecule has 0 aliphatic rings. The highest BCUT2D eigenvalue weighted by Crippen LogP contribution is 2.21. The van der Waals surface area contributed by atoms with Gasteiger partial charge in [-0.05, 0) is 43.7 Å². The van der Waals surface area contributed by atoms with E-state index in [1.54, 1.807) is 37.4 Å². The second kappa shape index (κ2) is 7.86. The van der Waals surface area contributed by atoms with Crippen LogP contribution in [0, 0.1) is 13.8 Å². The highest BCUT2D eigenvalue weighted by atomic mass is 16.5. The van der Waals surface area contributed by atoms with Crippen molar-refractivity contribution >= 4 is 11.6 Å². The Kier molecular flexibility index (Phi) is 5.35. The number of ether oxygens (including phenoxy) is 1. The highest BCUT2D eigenvalue weighted by molar-refractivity contribution is 5.90. The third-order valence-corrected chi connectivity index (χ3v) is 4.18. The Balaban J connectivity index is 1.83. The van der Waals surface area contributed by atoms with E-state index in [1.807, 2.05) is 32.0 Å². The number of carbonyl (C=O) groups excluding carboxylic acids is 1. The minimum absolute atomic E-state index is 0.172. The van der Waals surface area contributed by atoms with Gasteiger partial charge in [-0.25, -0.2) is 4.68 Å². The number of amides is 1. The zero-order valence-electron chi connectivity index (χ0n) is 15.5. The molecular weight excluding hydrogens is 342 g/mol. The first kappa shape index (κ1) is 18.4. The Labute approximate surface area is 157 Å². The summed E-state index contributed by atoms with van der Waals surface area (Å²) in [6.07, 6.45) is 0. The molecule has 3 aromatic rings. The molecule has 2 aromatic carbocycles. The van der Waals surface area contributed by atoms with E-state index in [1.165, 1.54) is 10.7 Å². The Bertz CT molecular complexity index is 1040. The SMILES string of the molecule is COc1cccc(NC(=O)Cn2nc(-c3cc(C)ccc3C)ccc2=O)c1. The molecule has 0 bridgehead atoms. The molecule has 0 fully saturated rings. The standard InChI is InChI=1S/C21H21N3O3/c1-14-7-8-15(2)18(11-14)19-9-10-21(26)24(23-19)13-20(25)22-16-5-4-6-17(12-16)27-3/h4-12H,13H2,1-3H3,(H,22,25). The third-order valence-electron chi connectivity index (χ3n) is 4.18. The summed E-state index contributed by atoms with van der Waals surface area (Å²) in [6, 6.07) is 16.2. The molecule has 0 aliphatic carbocycles. The molecular formula is C21H21N3O3. The van der Waals surface area contributed by atoms with Crippen molar-refractivity contribution in [3.8, 4) is 17.0 Å². The molecule has 0 atom stereocenters. The number of methoxy groups -OCH3 is 1. The molecule has 1 heterocycles. The average Bonchev–Trinajstić information content (AvgIpc) is 2.65. The zero-order valence-corrected chi connectivity index (χ0v) is 15.5. The van der Waals surface area contributed by atoms with Gasteiger partial charge in [0.05, 0.1) is 12.8 Å². The maximum absolute atomic E-state index is 12.4. The normalized spacial score (nSPS) is 10.5. The third kappa shape index (κ3) is 4.41. The van der Waals surface area contributed by atoms with Crippen LogP contribution in [0.5, 0.6) is 5.75 Å². The first-order valence-corrected chi connectivity index (χ1v) is 8.56. The number of nitrogens with zero attached hydrogens (tertiary/aromatic N) is 2. The number of aromatic nitrogens is 2. The molecule has 0 unspecified atom stereocenters. The summed E-state index contributed by atoms with van der Waals surface area (Å²) in [4.78, 5) is 24.5. The Morgan fingerprint density at radius 2 is 1.93 bits per heavy atom. The number of rotatable bonds is 5. The lowest BCUT2D eigenvalue weighted by molar-refractivity contribution is -0.117. The van der Waals surface area contributed by atoms with E-state index in [-0.39, 0.29) is 18.0 Å². The maximum atomic E-state index is 12.4. The van der Waals surface area contributed by atoms with Crippen molar-refractivity contribution in [2.24, 2.45) is 0 Å². The molecule has 6 heteroatoms. The van der Waals surface area contributed by atoms with Gasteiger partial charge in [0.1, 0.15) is 12.3 Å². The predicted molar refractivity (Wildman–Crippen MR) is 105 cm³/mol. The number of aryl methyl sites for hydroxylation is 2. The average molecular weight is 363 g/mol. The fourth-order valence-electron chi connectivity index (χ4n) is 2.76. The van der Waals surface area contributed by atoms with Crippen LogP contribution in [0.2, 0.25) is 0 Å². The van der Waals surface area contributed by atoms with Crippen molar-refractivity contribution in [1.82, 2.24) is 9.78 Å². The first-order valence-electron chi connectivity index (χ1n) is 8.56. The van der Waals surface area contributed by atoms with E-state index in [4.69, 9.17) is 4.74 Å². The number of anilines is 1. The van der Waals surface area contributed by atoms with E-state index in [0.717, 1.165) is 16.7 Å². The first-order chi connectivity index (χ1) is 13.0. The van der Waals surface area contributed by atoms with E-state index >= 15 is 0 Å². The number of hydrogen-bond acceptors (Lipinski definition) is 4. The van der Waals surface area contributed by atoms with Crippen LogP contribution < -0.4 is 15.6 Å². The number of benzene rings is 2. The van der Waals surface area contributed by atoms with Crippen molar-refractivity contribution in [3.63, 3.8) is 0 Å². The van der Waals surface area contributed by atoms with Crippen molar-refractivity contribution < 1.29 is 9.53 Å². The lowest BCUT2D eigenvalue weighted by atomic mass is 10.0. The number of nitrogens with one attached hydrogen (secondary N) is 1. The van der Waals surface area contributed by atoms with Crippen LogP contribution in [0.1, 0.15) is 11.1 Å². The molecule has 0 radical (unpaired) electrons. The molecule has 0 saturated carbocycles. The van der Waals surface area contributed by atoms with Gasteiger partial charge in [0.2, 0.25) is 5.91 Å². The second-order valence-corrected chi connectivity index (χ2v) is 6.31. The van der Waals surface area contributed by atoms with Gasteiger partial charge >= 0.3 is 0 Å². The van der Waals surface area contributed by atoms with Crippen molar-refractivity contribution in [3.05, 3.63) is 76.1 Å². The molecule has 1 amide bonds. The molecule has 3 rings (SSSR count). The van der Waals surface area contributed by atoms with Gasteiger partial charge in [-0.15, -0.1) is 0 Å². The molecule has 6 nitrogen and oxygen atoms in total. The maximum Gasteiger partial charge on any atom is 0.267 e. The van der Waals surface area contributed by atoms with E-state index < -0.39 is 0 Å². The lowest BCUT2D eigenvalue weighted by Gasteiger charge is -2.10. The minimum atomic E-state index is -0.337. The van der Waals surface area contributed by atoms with Crippen LogP contribution in [0.4, 0.5) is 5.69 Å². The summed E-state index contributed by atoms with van der Waals surface area (Å²) in [5.74, 6) is 0.302. The molecule has 1 aromatic heterocycles. The monoisotopic (exact) mass is 363 g/mol. The molecule has 138 valence electrons. The summed E-state index contributed by atoms with van der Waals surface area (Å²) in [7, 11) is 1.56. The largest absolute Gasteiger partial charge is 0.497 e. The van der Waals surface area contributed by atoms with Gasteiger partial charge in [-0.1, -0.05) is 23.8 Å². The topological polar surface area (TPSA) is 73.2 Å². The summed E-state index contributed by atoms with van der Waals surface area (Å²) in [6.45, 7) is 3.82. The number of carbonyl (C=O) groups is 1. The Morgan fingerprint density at radius 3 is 2.70 bits per heavy atom. The fraction of sp³-hybridized carbons (Fsp3) is 0.190. The molecule has 1 N–H and O–H groups in total. The van der Waals surface area contributed by atoms with Gasteiger partial charge < -0.3 is 10.1 Å². The van der Waals surface area contributed by atoms with E-state index in [2.05, 4.69) is 10.4 Å². The van der Waals surface area contributed by atoms with Crippen LogP contribution >= 0.6 is 0 Å². The van der Waals surface area contributed by atoms with Crippen molar-refractivity contribution in [2.75, 3.05) is 12.4 Å². The van der Waals surface area contributed by atoms with Gasteiger partial charge in [-0.3, -0.25) is 9.59 Å². The molecule has 27 heavy (non-hydrogen) atoms. The summed E-state index contributed by atoms with van der Waals surface area (Å²) in [5, 5.41) is 7.13. The highest BCUT2D eigenvalue weighted by Gasteiger charge is 2.10. The predicted octanol–water partition coefficient (Wildman–Crippen LogP) is 3.17. The summed E-state index contributed by atoms with van der Waals surface area (Å²) < 4.78 is 6.31. The molecule has 0 aliphatic heterocycles. The van der Waals surface area contributed by atoms with Crippen LogP contribution in [-0.4, -0.2) is 22.8 Å². The van der Waals surface area contributed by atoms with Crippen LogP contribution in [0.3, 0.4) is 0 Å². The quantitative estimate of drug-likeness (QED) is 0.756. The van der Waals surface area contributed by atoms with Gasteiger partial charge in [-0.2, -0.15) is 5.10 Å². The summed E-state index contributed by atoms with van der Waals surface area (Å²) in [5.41, 5.74) is 4.02. The molecule has 0 spiro atoms. The smallest absolute Gasteiger partial charge is 0.267 e. The van der Waals surface area contributed by atoms with E-state index in [9.17, 15) is 9.59 Å². The molecule has 0 saturated heterocycles. The van der Waals surface area contributed by atoms with Crippen LogP contribution in [-0.2, 0) is 11.3 Å². The van der Waals surface area contributed by atoms with Gasteiger partial charge in [0.25, 0.3) is 5.56 Å². The van der Waals surface area contributed by atoms with Gasteiger partial charge in [0, 0.05) is 23.4 Å². The zero-order chi connectivity index (χ0) is 19.4. The Hall–Kier alpha value is -3.41. The van der Waals surface area contributed by atoms with Crippen molar-refractivity contribution in [2.45, 2.75) is 20.4 Å². The lowest BCUT2D eigenvalue weighted by Crippen LogP contribution is -2.29. The van der Waals surface area contributed by atoms with Crippen LogP contribution in [0.15, 0.2) is 59.4 Å².